The van der Waals surface area contributed by atoms with Gasteiger partial charge in [0.15, 0.2) is 0 Å². The van der Waals surface area contributed by atoms with Gasteiger partial charge >= 0.3 is 0 Å². The highest BCUT2D eigenvalue weighted by molar-refractivity contribution is 5.92. The second-order valence-electron chi connectivity index (χ2n) is 7.35. The van der Waals surface area contributed by atoms with Crippen LogP contribution in [0.4, 0.5) is 4.39 Å². The number of halogens is 1. The lowest BCUT2D eigenvalue weighted by Crippen LogP contribution is -2.45. The summed E-state index contributed by atoms with van der Waals surface area (Å²) in [5, 5.41) is 0. The van der Waals surface area contributed by atoms with Gasteiger partial charge in [-0.1, -0.05) is 60.7 Å². The van der Waals surface area contributed by atoms with Crippen molar-refractivity contribution in [3.8, 4) is 0 Å². The van der Waals surface area contributed by atoms with Gasteiger partial charge in [0.25, 0.3) is 0 Å². The molecule has 0 N–H and O–H groups in total. The quantitative estimate of drug-likeness (QED) is 0.782. The summed E-state index contributed by atoms with van der Waals surface area (Å²) in [7, 11) is 1.67. The Kier molecular flexibility index (Phi) is 5.59. The molecule has 142 valence electrons. The minimum absolute atomic E-state index is 0.0847. The highest BCUT2D eigenvalue weighted by atomic mass is 19.1. The van der Waals surface area contributed by atoms with Gasteiger partial charge < -0.3 is 9.80 Å². The number of amides is 2. The Morgan fingerprint density at radius 2 is 1.74 bits per heavy atom. The van der Waals surface area contributed by atoms with Gasteiger partial charge in [-0.15, -0.1) is 0 Å². The maximum atomic E-state index is 14.1. The van der Waals surface area contributed by atoms with Crippen LogP contribution < -0.4 is 0 Å². The van der Waals surface area contributed by atoms with Crippen molar-refractivity contribution in [3.05, 3.63) is 71.8 Å². The Balaban J connectivity index is 1.77. The Hall–Kier alpha value is -2.69. The van der Waals surface area contributed by atoms with Crippen LogP contribution in [0, 0.1) is 5.41 Å². The van der Waals surface area contributed by atoms with Gasteiger partial charge in [-0.2, -0.15) is 0 Å². The molecule has 3 rings (SSSR count). The molecule has 1 aliphatic rings. The van der Waals surface area contributed by atoms with Gasteiger partial charge in [-0.3, -0.25) is 9.59 Å². The molecule has 5 heteroatoms. The van der Waals surface area contributed by atoms with E-state index in [4.69, 9.17) is 0 Å². The average molecular weight is 368 g/mol. The lowest BCUT2D eigenvalue weighted by atomic mass is 9.86. The van der Waals surface area contributed by atoms with E-state index in [1.54, 1.807) is 11.9 Å². The molecule has 0 spiro atoms. The van der Waals surface area contributed by atoms with Gasteiger partial charge in [-0.25, -0.2) is 4.39 Å². The van der Waals surface area contributed by atoms with Crippen molar-refractivity contribution in [2.24, 2.45) is 5.41 Å². The van der Waals surface area contributed by atoms with E-state index in [1.807, 2.05) is 67.6 Å². The monoisotopic (exact) mass is 368 g/mol. The van der Waals surface area contributed by atoms with E-state index in [0.717, 1.165) is 11.1 Å². The fraction of sp³-hybridized carbons (Fsp3) is 0.364. The Labute approximate surface area is 159 Å². The normalized spacial score (nSPS) is 20.6. The summed E-state index contributed by atoms with van der Waals surface area (Å²) in [6, 6.07) is 19.0. The number of nitrogens with zero attached hydrogens (tertiary/aromatic N) is 2. The molecule has 0 aromatic heterocycles. The molecule has 1 aliphatic heterocycles. The Morgan fingerprint density at radius 3 is 2.33 bits per heavy atom. The molecule has 1 heterocycles. The maximum Gasteiger partial charge on any atom is 0.233 e. The Morgan fingerprint density at radius 1 is 1.15 bits per heavy atom. The van der Waals surface area contributed by atoms with Crippen molar-refractivity contribution < 1.29 is 14.0 Å². The van der Waals surface area contributed by atoms with Crippen LogP contribution >= 0.6 is 0 Å². The number of carbonyl (C=O) groups is 2. The van der Waals surface area contributed by atoms with Crippen LogP contribution in [0.3, 0.4) is 0 Å². The van der Waals surface area contributed by atoms with Crippen LogP contribution in [0.5, 0.6) is 0 Å². The molecule has 0 unspecified atom stereocenters. The van der Waals surface area contributed by atoms with Crippen molar-refractivity contribution in [2.75, 3.05) is 20.3 Å². The molecular formula is C22H25FN2O2. The molecule has 2 aromatic rings. The number of hydrogen-bond donors (Lipinski definition) is 0. The summed E-state index contributed by atoms with van der Waals surface area (Å²) in [6.07, 6.45) is -0.0847. The zero-order chi connectivity index (χ0) is 19.4. The number of rotatable bonds is 6. The first-order chi connectivity index (χ1) is 13.0. The molecule has 0 radical (unpaired) electrons. The van der Waals surface area contributed by atoms with Crippen LogP contribution in [0.15, 0.2) is 60.7 Å². The van der Waals surface area contributed by atoms with E-state index in [2.05, 4.69) is 0 Å². The van der Waals surface area contributed by atoms with Gasteiger partial charge in [-0.05, 0) is 18.1 Å². The van der Waals surface area contributed by atoms with Crippen molar-refractivity contribution in [1.29, 1.82) is 0 Å². The van der Waals surface area contributed by atoms with Gasteiger partial charge in [0.2, 0.25) is 11.8 Å². The highest BCUT2D eigenvalue weighted by Crippen LogP contribution is 2.38. The zero-order valence-electron chi connectivity index (χ0n) is 15.8. The summed E-state index contributed by atoms with van der Waals surface area (Å²) in [6.45, 7) is 1.58. The molecule has 0 aliphatic carbocycles. The number of carbonyl (C=O) groups excluding carboxylic acids is 2. The van der Waals surface area contributed by atoms with Crippen LogP contribution in [0.1, 0.15) is 30.5 Å². The number of hydrogen-bond acceptors (Lipinski definition) is 2. The summed E-state index contributed by atoms with van der Waals surface area (Å²) in [5.74, 6) is -0.490. The molecule has 0 saturated carbocycles. The van der Waals surface area contributed by atoms with Crippen LogP contribution in [-0.4, -0.2) is 41.9 Å². The second-order valence-corrected chi connectivity index (χ2v) is 7.35. The molecule has 2 atom stereocenters. The van der Waals surface area contributed by atoms with Crippen molar-refractivity contribution in [1.82, 2.24) is 9.80 Å². The standard InChI is InChI=1S/C22H25FN2O2/c1-17(19-11-7-4-8-12-19)25-16-22(15-23,13-20(25)26)21(27)24(2)14-18-9-5-3-6-10-18/h3-12,17H,13-16H2,1-2H3/t17-,22+/m0/s1. The lowest BCUT2D eigenvalue weighted by Gasteiger charge is -2.31. The summed E-state index contributed by atoms with van der Waals surface area (Å²) >= 11 is 0. The second kappa shape index (κ2) is 7.91. The van der Waals surface area contributed by atoms with Crippen LogP contribution in [0.2, 0.25) is 0 Å². The SMILES string of the molecule is C[C@@H](c1ccccc1)N1C[C@@](CF)(C(=O)N(C)Cc2ccccc2)CC1=O. The molecule has 4 nitrogen and oxygen atoms in total. The third-order valence-electron chi connectivity index (χ3n) is 5.35. The minimum atomic E-state index is -1.30. The summed E-state index contributed by atoms with van der Waals surface area (Å²) in [4.78, 5) is 28.9. The molecule has 2 amide bonds. The van der Waals surface area contributed by atoms with Crippen molar-refractivity contribution in [2.45, 2.75) is 25.9 Å². The summed E-state index contributed by atoms with van der Waals surface area (Å²) < 4.78 is 14.1. The Bertz CT molecular complexity index is 796. The lowest BCUT2D eigenvalue weighted by molar-refractivity contribution is -0.142. The predicted octanol–water partition coefficient (Wildman–Crippen LogP) is 3.59. The number of benzene rings is 2. The van der Waals surface area contributed by atoms with E-state index >= 15 is 0 Å². The minimum Gasteiger partial charge on any atom is -0.341 e. The third-order valence-corrected chi connectivity index (χ3v) is 5.35. The molecule has 2 aromatic carbocycles. The molecule has 0 bridgehead atoms. The zero-order valence-corrected chi connectivity index (χ0v) is 15.8. The number of alkyl halides is 1. The predicted molar refractivity (Wildman–Crippen MR) is 103 cm³/mol. The first kappa shape index (κ1) is 19.1. The van der Waals surface area contributed by atoms with Gasteiger partial charge in [0, 0.05) is 26.6 Å². The van der Waals surface area contributed by atoms with Gasteiger partial charge in [0.05, 0.1) is 6.04 Å². The van der Waals surface area contributed by atoms with E-state index in [1.165, 1.54) is 4.90 Å². The molecule has 1 fully saturated rings. The largest absolute Gasteiger partial charge is 0.341 e. The molecule has 1 saturated heterocycles. The van der Waals surface area contributed by atoms with Crippen molar-refractivity contribution in [3.63, 3.8) is 0 Å². The fourth-order valence-corrected chi connectivity index (χ4v) is 3.75. The maximum absolute atomic E-state index is 14.1. The summed E-state index contributed by atoms with van der Waals surface area (Å²) in [5.41, 5.74) is 0.649. The highest BCUT2D eigenvalue weighted by Gasteiger charge is 2.51. The van der Waals surface area contributed by atoms with E-state index in [9.17, 15) is 14.0 Å². The molecule has 27 heavy (non-hydrogen) atoms. The first-order valence-corrected chi connectivity index (χ1v) is 9.17. The van der Waals surface area contributed by atoms with Crippen LogP contribution in [0.25, 0.3) is 0 Å². The van der Waals surface area contributed by atoms with Crippen molar-refractivity contribution >= 4 is 11.8 Å². The third kappa shape index (κ3) is 3.87. The van der Waals surface area contributed by atoms with E-state index in [0.29, 0.717) is 6.54 Å². The van der Waals surface area contributed by atoms with Gasteiger partial charge in [0.1, 0.15) is 12.1 Å². The average Bonchev–Trinajstić information content (AvgIpc) is 3.06. The van der Waals surface area contributed by atoms with E-state index < -0.39 is 12.1 Å². The smallest absolute Gasteiger partial charge is 0.233 e. The first-order valence-electron chi connectivity index (χ1n) is 9.17. The molecular weight excluding hydrogens is 343 g/mol. The fourth-order valence-electron chi connectivity index (χ4n) is 3.75. The van der Waals surface area contributed by atoms with Crippen LogP contribution in [-0.2, 0) is 16.1 Å². The van der Waals surface area contributed by atoms with E-state index in [-0.39, 0.29) is 30.8 Å². The topological polar surface area (TPSA) is 40.6 Å². The number of likely N-dealkylation sites (tertiary alicyclic amines) is 1.